The van der Waals surface area contributed by atoms with Gasteiger partial charge in [-0.25, -0.2) is 4.98 Å². The lowest BCUT2D eigenvalue weighted by molar-refractivity contribution is 0.172. The van der Waals surface area contributed by atoms with Gasteiger partial charge in [-0.1, -0.05) is 19.4 Å². The average Bonchev–Trinajstić information content (AvgIpc) is 3.25. The minimum atomic E-state index is 0.317. The third-order valence-electron chi connectivity index (χ3n) is 4.24. The Kier molecular flexibility index (Phi) is 5.31. The Morgan fingerprint density at radius 1 is 1.43 bits per heavy atom. The molecule has 122 valence electrons. The Bertz CT molecular complexity index is 653. The lowest BCUT2D eigenvalue weighted by atomic mass is 10.1. The summed E-state index contributed by atoms with van der Waals surface area (Å²) < 4.78 is 5.65. The van der Waals surface area contributed by atoms with E-state index in [1.807, 2.05) is 6.92 Å². The van der Waals surface area contributed by atoms with Crippen LogP contribution in [0.5, 0.6) is 0 Å². The highest BCUT2D eigenvalue weighted by Gasteiger charge is 2.24. The number of aryl methyl sites for hydroxylation is 1. The van der Waals surface area contributed by atoms with Gasteiger partial charge in [-0.05, 0) is 37.4 Å². The summed E-state index contributed by atoms with van der Waals surface area (Å²) in [5.74, 6) is 1.11. The molecule has 0 saturated carbocycles. The second kappa shape index (κ2) is 7.62. The quantitative estimate of drug-likeness (QED) is 0.872. The third kappa shape index (κ3) is 3.74. The second-order valence-electron chi connectivity index (χ2n) is 5.76. The zero-order chi connectivity index (χ0) is 16.1. The molecule has 0 aromatic carbocycles. The van der Waals surface area contributed by atoms with Crippen molar-refractivity contribution in [3.05, 3.63) is 34.0 Å². The van der Waals surface area contributed by atoms with E-state index < -0.39 is 0 Å². The molecule has 0 unspecified atom stereocenters. The van der Waals surface area contributed by atoms with Crippen LogP contribution >= 0.6 is 11.3 Å². The maximum Gasteiger partial charge on any atom is 0.232 e. The van der Waals surface area contributed by atoms with Crippen LogP contribution < -0.4 is 5.32 Å². The van der Waals surface area contributed by atoms with Crippen LogP contribution in [-0.2, 0) is 6.42 Å². The summed E-state index contributed by atoms with van der Waals surface area (Å²) in [7, 11) is 0. The monoisotopic (exact) mass is 330 g/mol. The zero-order valence-corrected chi connectivity index (χ0v) is 14.2. The van der Waals surface area contributed by atoms with Crippen LogP contribution in [0.15, 0.2) is 21.9 Å². The largest absolute Gasteiger partial charge is 0.424 e. The van der Waals surface area contributed by atoms with Gasteiger partial charge < -0.3 is 9.73 Å². The highest BCUT2D eigenvalue weighted by molar-refractivity contribution is 7.10. The Hall–Kier alpha value is -1.84. The molecule has 1 aliphatic heterocycles. The van der Waals surface area contributed by atoms with Gasteiger partial charge >= 0.3 is 0 Å². The SMILES string of the molecule is CCc1nc(C#N)c(NC[C@H](c2cccs2)N2CCCCC2)o1. The van der Waals surface area contributed by atoms with E-state index in [9.17, 15) is 5.26 Å². The van der Waals surface area contributed by atoms with E-state index in [0.29, 0.717) is 29.9 Å². The van der Waals surface area contributed by atoms with Crippen LogP contribution in [0.4, 0.5) is 5.88 Å². The smallest absolute Gasteiger partial charge is 0.232 e. The maximum atomic E-state index is 9.20. The van der Waals surface area contributed by atoms with Crippen molar-refractivity contribution >= 4 is 17.2 Å². The number of nitrogens with one attached hydrogen (secondary N) is 1. The number of thiophene rings is 1. The Balaban J connectivity index is 1.74. The number of hydrogen-bond donors (Lipinski definition) is 1. The summed E-state index contributed by atoms with van der Waals surface area (Å²) in [6.45, 7) is 4.96. The van der Waals surface area contributed by atoms with Gasteiger partial charge in [0.25, 0.3) is 0 Å². The number of anilines is 1. The van der Waals surface area contributed by atoms with E-state index in [1.54, 1.807) is 11.3 Å². The molecular weight excluding hydrogens is 308 g/mol. The Morgan fingerprint density at radius 2 is 2.26 bits per heavy atom. The molecular formula is C17H22N4OS. The van der Waals surface area contributed by atoms with Gasteiger partial charge in [0.05, 0.1) is 6.04 Å². The van der Waals surface area contributed by atoms with Crippen molar-refractivity contribution in [2.24, 2.45) is 0 Å². The first-order valence-corrected chi connectivity index (χ1v) is 9.11. The molecule has 0 bridgehead atoms. The van der Waals surface area contributed by atoms with Crippen LogP contribution in [0, 0.1) is 11.3 Å². The number of nitriles is 1. The lowest BCUT2D eigenvalue weighted by Gasteiger charge is -2.34. The zero-order valence-electron chi connectivity index (χ0n) is 13.4. The number of likely N-dealkylation sites (tertiary alicyclic amines) is 1. The summed E-state index contributed by atoms with van der Waals surface area (Å²) in [5, 5.41) is 14.6. The number of piperidine rings is 1. The van der Waals surface area contributed by atoms with Gasteiger partial charge in [-0.3, -0.25) is 4.90 Å². The van der Waals surface area contributed by atoms with Crippen molar-refractivity contribution in [2.75, 3.05) is 25.0 Å². The predicted molar refractivity (Wildman–Crippen MR) is 91.6 cm³/mol. The fourth-order valence-electron chi connectivity index (χ4n) is 3.02. The third-order valence-corrected chi connectivity index (χ3v) is 5.21. The summed E-state index contributed by atoms with van der Waals surface area (Å²) >= 11 is 1.79. The van der Waals surface area contributed by atoms with E-state index in [2.05, 4.69) is 38.8 Å². The van der Waals surface area contributed by atoms with Gasteiger partial charge in [-0.2, -0.15) is 5.26 Å². The van der Waals surface area contributed by atoms with Crippen molar-refractivity contribution in [1.82, 2.24) is 9.88 Å². The van der Waals surface area contributed by atoms with Crippen molar-refractivity contribution in [3.63, 3.8) is 0 Å². The molecule has 1 aliphatic rings. The molecule has 5 nitrogen and oxygen atoms in total. The number of nitrogens with zero attached hydrogens (tertiary/aromatic N) is 3. The van der Waals surface area contributed by atoms with E-state index in [0.717, 1.165) is 19.6 Å². The molecule has 1 fully saturated rings. The van der Waals surface area contributed by atoms with E-state index in [-0.39, 0.29) is 0 Å². The van der Waals surface area contributed by atoms with Gasteiger partial charge in [0.15, 0.2) is 5.89 Å². The molecule has 3 rings (SSSR count). The van der Waals surface area contributed by atoms with Crippen LogP contribution in [-0.4, -0.2) is 29.5 Å². The van der Waals surface area contributed by atoms with E-state index >= 15 is 0 Å². The lowest BCUT2D eigenvalue weighted by Crippen LogP contribution is -2.36. The summed E-state index contributed by atoms with van der Waals surface area (Å²) in [6.07, 6.45) is 4.53. The van der Waals surface area contributed by atoms with Crippen molar-refractivity contribution in [1.29, 1.82) is 5.26 Å². The molecule has 23 heavy (non-hydrogen) atoms. The fourth-order valence-corrected chi connectivity index (χ4v) is 3.88. The molecule has 0 amide bonds. The molecule has 1 atom stereocenters. The average molecular weight is 330 g/mol. The first-order valence-electron chi connectivity index (χ1n) is 8.23. The molecule has 0 spiro atoms. The molecule has 1 saturated heterocycles. The summed E-state index contributed by atoms with van der Waals surface area (Å²) in [4.78, 5) is 8.09. The minimum absolute atomic E-state index is 0.317. The molecule has 0 radical (unpaired) electrons. The van der Waals surface area contributed by atoms with Gasteiger partial charge in [0.1, 0.15) is 6.07 Å². The van der Waals surface area contributed by atoms with Crippen LogP contribution in [0.3, 0.4) is 0 Å². The molecule has 3 heterocycles. The number of rotatable bonds is 6. The Morgan fingerprint density at radius 3 is 2.91 bits per heavy atom. The van der Waals surface area contributed by atoms with Gasteiger partial charge in [-0.15, -0.1) is 11.3 Å². The standard InChI is InChI=1S/C17H22N4OS/c1-2-16-20-13(11-18)17(22-16)19-12-14(15-7-6-10-23-15)21-8-4-3-5-9-21/h6-7,10,14,19H,2-5,8-9,12H2,1H3/t14-/m1/s1. The minimum Gasteiger partial charge on any atom is -0.424 e. The molecule has 1 N–H and O–H groups in total. The van der Waals surface area contributed by atoms with Gasteiger partial charge in [0, 0.05) is 17.8 Å². The summed E-state index contributed by atoms with van der Waals surface area (Å²) in [6, 6.07) is 6.71. The maximum absolute atomic E-state index is 9.20. The normalized spacial score (nSPS) is 16.9. The highest BCUT2D eigenvalue weighted by atomic mass is 32.1. The number of oxazole rings is 1. The van der Waals surface area contributed by atoms with Crippen molar-refractivity contribution in [3.8, 4) is 6.07 Å². The Labute approximate surface area is 140 Å². The van der Waals surface area contributed by atoms with Crippen LogP contribution in [0.1, 0.15) is 48.7 Å². The van der Waals surface area contributed by atoms with Crippen molar-refractivity contribution < 1.29 is 4.42 Å². The van der Waals surface area contributed by atoms with Crippen LogP contribution in [0.25, 0.3) is 0 Å². The topological polar surface area (TPSA) is 65.1 Å². The molecule has 6 heteroatoms. The number of aromatic nitrogens is 1. The predicted octanol–water partition coefficient (Wildman–Crippen LogP) is 3.81. The highest BCUT2D eigenvalue weighted by Crippen LogP contribution is 2.29. The number of hydrogen-bond acceptors (Lipinski definition) is 6. The molecule has 2 aromatic heterocycles. The molecule has 0 aliphatic carbocycles. The van der Waals surface area contributed by atoms with Crippen molar-refractivity contribution in [2.45, 2.75) is 38.6 Å². The van der Waals surface area contributed by atoms with Crippen LogP contribution in [0.2, 0.25) is 0 Å². The summed E-state index contributed by atoms with van der Waals surface area (Å²) in [5.41, 5.74) is 0.352. The van der Waals surface area contributed by atoms with Gasteiger partial charge in [0.2, 0.25) is 11.6 Å². The van der Waals surface area contributed by atoms with E-state index in [1.165, 1.54) is 24.1 Å². The first kappa shape index (κ1) is 16.0. The molecule has 2 aromatic rings. The van der Waals surface area contributed by atoms with E-state index in [4.69, 9.17) is 4.42 Å². The fraction of sp³-hybridized carbons (Fsp3) is 0.529. The second-order valence-corrected chi connectivity index (χ2v) is 6.74. The first-order chi connectivity index (χ1) is 11.3.